The van der Waals surface area contributed by atoms with Crippen molar-refractivity contribution in [2.75, 3.05) is 64.2 Å². The molecule has 72 heavy (non-hydrogen) atoms. The Morgan fingerprint density at radius 1 is 0.778 bits per heavy atom. The van der Waals surface area contributed by atoms with Gasteiger partial charge in [-0.3, -0.25) is 9.35 Å². The number of hydrogen-bond acceptors (Lipinski definition) is 23. The van der Waals surface area contributed by atoms with Gasteiger partial charge in [0.15, 0.2) is 0 Å². The summed E-state index contributed by atoms with van der Waals surface area (Å²) in [5.41, 5.74) is -1.08. The average Bonchev–Trinajstić information content (AvgIpc) is 3.58. The lowest BCUT2D eigenvalue weighted by atomic mass is 9.43. The average molecular weight is 1100 g/mol. The zero-order valence-electron chi connectivity index (χ0n) is 41.2. The van der Waals surface area contributed by atoms with E-state index >= 15 is 0 Å². The number of amides is 1. The third-order valence-corrected chi connectivity index (χ3v) is 18.5. The van der Waals surface area contributed by atoms with Crippen molar-refractivity contribution in [3.63, 3.8) is 0 Å². The molecule has 0 radical (unpaired) electrons. The summed E-state index contributed by atoms with van der Waals surface area (Å²) in [6.45, 7) is 8.70. The van der Waals surface area contributed by atoms with Gasteiger partial charge in [0.1, 0.15) is 31.0 Å². The number of carbonyl (C=O) groups excluding carboxylic acids is 1. The summed E-state index contributed by atoms with van der Waals surface area (Å²) < 4.78 is 32.0. The molecule has 13 unspecified atom stereocenters. The predicted molar refractivity (Wildman–Crippen MR) is 252 cm³/mol. The van der Waals surface area contributed by atoms with Crippen molar-refractivity contribution in [2.45, 2.75) is 123 Å². The van der Waals surface area contributed by atoms with E-state index in [1.54, 1.807) is 13.8 Å². The second kappa shape index (κ2) is 27.5. The van der Waals surface area contributed by atoms with Crippen molar-refractivity contribution in [3.8, 4) is 0 Å². The molecule has 4 saturated carbocycles. The number of rotatable bonds is 31. The molecule has 1 amide bonds. The summed E-state index contributed by atoms with van der Waals surface area (Å²) in [6.07, 6.45) is 2.35. The molecule has 0 bridgehead atoms. The minimum Gasteiger partial charge on any atom is -0.356 e. The zero-order valence-corrected chi connectivity index (χ0v) is 43.6. The van der Waals surface area contributed by atoms with E-state index in [0.717, 1.165) is 6.42 Å². The van der Waals surface area contributed by atoms with Gasteiger partial charge in [0.2, 0.25) is 5.91 Å². The number of hydrogen-bond donors (Lipinski definition) is 2. The minimum absolute atomic E-state index is 0.0185. The largest absolute Gasteiger partial charge is 0.356 e. The van der Waals surface area contributed by atoms with Crippen molar-refractivity contribution in [1.82, 2.24) is 5.32 Å². The molecule has 4 aliphatic carbocycles. The second-order valence-electron chi connectivity index (χ2n) is 20.5. The van der Waals surface area contributed by atoms with Crippen LogP contribution in [0.4, 0.5) is 0 Å². The van der Waals surface area contributed by atoms with Crippen LogP contribution in [0, 0.1) is 113 Å². The predicted octanol–water partition coefficient (Wildman–Crippen LogP) is 4.87. The van der Waals surface area contributed by atoms with Crippen LogP contribution in [0.5, 0.6) is 0 Å². The maximum absolute atomic E-state index is 12.8. The molecule has 33 heteroatoms. The highest BCUT2D eigenvalue weighted by atomic mass is 33.1. The summed E-state index contributed by atoms with van der Waals surface area (Å²) in [5.74, 6) is -0.945. The van der Waals surface area contributed by atoms with E-state index in [1.165, 1.54) is 21.6 Å². The standard InChI is InChI=1S/C32H55N5O13S.C7H13N3O9S2/c1-21(20-51(45,46)47)19-37(4,5)15-7-14-33-29(38)9-6-8-22-10-11-25-30-26(18-28(32(22,25)3)50-36(43)44)31(2)13-12-24(48-34(39)40)16-23(31)17-27(30)49-35(41)42;1-6(2-17-8(11)12)4-20-21-5-7(19-10(15)16)3-18-9(13)14/h21-28,30H,6-20H2,1-5H3,(H-,33,38,45,46,47);6-7H,2-5H2,1H3/p+1. The van der Waals surface area contributed by atoms with E-state index in [9.17, 15) is 73.9 Å². The van der Waals surface area contributed by atoms with Crippen molar-refractivity contribution < 1.29 is 81.8 Å². The maximum atomic E-state index is 12.8. The van der Waals surface area contributed by atoms with E-state index < -0.39 is 77.1 Å². The van der Waals surface area contributed by atoms with Gasteiger partial charge >= 0.3 is 0 Å². The molecule has 0 spiro atoms. The van der Waals surface area contributed by atoms with Crippen molar-refractivity contribution in [2.24, 2.45) is 52.3 Å². The lowest BCUT2D eigenvalue weighted by Crippen LogP contribution is -2.63. The molecule has 0 saturated heterocycles. The molecule has 0 aliphatic heterocycles. The lowest BCUT2D eigenvalue weighted by Gasteiger charge is -2.63. The minimum atomic E-state index is -4.05. The second-order valence-corrected chi connectivity index (χ2v) is 24.5. The normalized spacial score (nSPS) is 28.8. The van der Waals surface area contributed by atoms with Crippen LogP contribution in [-0.4, -0.2) is 142 Å². The molecule has 0 aromatic carbocycles. The van der Waals surface area contributed by atoms with Crippen LogP contribution in [0.1, 0.15) is 98.3 Å². The van der Waals surface area contributed by atoms with Gasteiger partial charge in [0.25, 0.3) is 40.6 Å². The van der Waals surface area contributed by atoms with E-state index in [0.29, 0.717) is 87.7 Å². The fourth-order valence-electron chi connectivity index (χ4n) is 12.0. The van der Waals surface area contributed by atoms with Crippen LogP contribution >= 0.6 is 21.6 Å². The Bertz CT molecular complexity index is 1980. The van der Waals surface area contributed by atoms with Crippen LogP contribution in [-0.2, 0) is 43.9 Å². The molecule has 0 heterocycles. The highest BCUT2D eigenvalue weighted by Crippen LogP contribution is 2.69. The first-order chi connectivity index (χ1) is 33.4. The van der Waals surface area contributed by atoms with Gasteiger partial charge in [-0.2, -0.15) is 8.42 Å². The first-order valence-electron chi connectivity index (χ1n) is 23.5. The highest BCUT2D eigenvalue weighted by Gasteiger charge is 2.67. The van der Waals surface area contributed by atoms with E-state index in [1.807, 2.05) is 21.0 Å². The third-order valence-electron chi connectivity index (χ3n) is 14.8. The van der Waals surface area contributed by atoms with E-state index in [-0.39, 0.29) is 77.3 Å². The highest BCUT2D eigenvalue weighted by molar-refractivity contribution is 8.76. The first kappa shape index (κ1) is 61.5. The topological polar surface area (TPSA) is 398 Å². The van der Waals surface area contributed by atoms with Crippen LogP contribution in [0.15, 0.2) is 0 Å². The van der Waals surface area contributed by atoms with Gasteiger partial charge in [-0.05, 0) is 98.7 Å². The van der Waals surface area contributed by atoms with Crippen LogP contribution in [0.2, 0.25) is 0 Å². The summed E-state index contributed by atoms with van der Waals surface area (Å²) in [5, 5.41) is 62.6. The summed E-state index contributed by atoms with van der Waals surface area (Å²) in [7, 11) is 2.36. The zero-order chi connectivity index (χ0) is 54.2. The molecule has 13 atom stereocenters. The summed E-state index contributed by atoms with van der Waals surface area (Å²) >= 11 is 0. The maximum Gasteiger partial charge on any atom is 0.294 e. The Morgan fingerprint density at radius 3 is 2.00 bits per heavy atom. The molecular formula is C39H69N8O22S3+. The van der Waals surface area contributed by atoms with Gasteiger partial charge < -0.3 is 38.8 Å². The molecule has 4 rings (SSSR count). The van der Waals surface area contributed by atoms with Gasteiger partial charge in [0, 0.05) is 42.2 Å². The number of quaternary nitrogens is 1. The number of nitrogens with zero attached hydrogens (tertiary/aromatic N) is 7. The van der Waals surface area contributed by atoms with Gasteiger partial charge in [0.05, 0.1) is 39.5 Å². The Balaban J connectivity index is 0.000000548. The van der Waals surface area contributed by atoms with Gasteiger partial charge in [-0.25, -0.2) is 0 Å². The Hall–Kier alpha value is -4.76. The van der Waals surface area contributed by atoms with Gasteiger partial charge in [-0.1, -0.05) is 49.3 Å². The van der Waals surface area contributed by atoms with Crippen LogP contribution < -0.4 is 5.32 Å². The lowest BCUT2D eigenvalue weighted by molar-refractivity contribution is -0.893. The SMILES string of the molecule is CC(CO[N+](=O)[O-])CSSCC(CO[N+](=O)[O-])O[N+](=O)[O-].CC(C[N+](C)(C)CCCNC(=O)CCCC1CCC2C3C(O[N+](=O)[O-])CC4CC(O[N+](=O)[O-])CCC4(C)C3CC(O[N+](=O)[O-])C12C)CS(=O)(=O)O. The van der Waals surface area contributed by atoms with E-state index in [4.69, 9.17) is 19.1 Å². The van der Waals surface area contributed by atoms with Crippen molar-refractivity contribution >= 4 is 37.6 Å². The molecule has 30 nitrogen and oxygen atoms in total. The smallest absolute Gasteiger partial charge is 0.294 e. The quantitative estimate of drug-likeness (QED) is 0.0233. The Labute approximate surface area is 423 Å². The monoisotopic (exact) mass is 1100 g/mol. The summed E-state index contributed by atoms with van der Waals surface area (Å²) in [6, 6.07) is 0. The van der Waals surface area contributed by atoms with Gasteiger partial charge in [-0.15, -0.1) is 60.7 Å². The molecule has 0 aromatic heterocycles. The molecular weight excluding hydrogens is 1030 g/mol. The number of carbonyl (C=O) groups is 1. The van der Waals surface area contributed by atoms with Crippen molar-refractivity contribution in [1.29, 1.82) is 0 Å². The van der Waals surface area contributed by atoms with Crippen molar-refractivity contribution in [3.05, 3.63) is 60.7 Å². The van der Waals surface area contributed by atoms with Crippen LogP contribution in [0.3, 0.4) is 0 Å². The number of nitrogens with one attached hydrogen (secondary N) is 1. The summed E-state index contributed by atoms with van der Waals surface area (Å²) in [4.78, 5) is 106. The Morgan fingerprint density at radius 2 is 1.40 bits per heavy atom. The fraction of sp³-hybridized carbons (Fsp3) is 0.974. The number of fused-ring (bicyclic) bond motifs is 5. The first-order valence-corrected chi connectivity index (χ1v) is 27.6. The Kier molecular flexibility index (Phi) is 23.5. The van der Waals surface area contributed by atoms with E-state index in [2.05, 4.69) is 26.8 Å². The van der Waals surface area contributed by atoms with Crippen LogP contribution in [0.25, 0.3) is 0 Å². The molecule has 4 fully saturated rings. The fourth-order valence-corrected chi connectivity index (χ4v) is 15.4. The molecule has 2 N–H and O–H groups in total. The third kappa shape index (κ3) is 19.6. The molecule has 0 aromatic rings. The molecule has 4 aliphatic rings. The molecule has 414 valence electrons.